The van der Waals surface area contributed by atoms with Gasteiger partial charge in [0.1, 0.15) is 10.7 Å². The monoisotopic (exact) mass is 291 g/mol. The van der Waals surface area contributed by atoms with Crippen LogP contribution in [-0.4, -0.2) is 21.7 Å². The Morgan fingerprint density at radius 3 is 2.95 bits per heavy atom. The highest BCUT2D eigenvalue weighted by atomic mass is 32.2. The summed E-state index contributed by atoms with van der Waals surface area (Å²) in [5, 5.41) is 4.72. The van der Waals surface area contributed by atoms with E-state index in [1.807, 2.05) is 17.8 Å². The fourth-order valence-corrected chi connectivity index (χ4v) is 3.22. The Morgan fingerprint density at radius 1 is 1.35 bits per heavy atom. The molecule has 4 heteroatoms. The Bertz CT molecular complexity index is 534. The third-order valence-electron chi connectivity index (χ3n) is 3.17. The van der Waals surface area contributed by atoms with Crippen LogP contribution in [0.5, 0.6) is 0 Å². The van der Waals surface area contributed by atoms with Crippen molar-refractivity contribution < 1.29 is 0 Å². The number of nitrogens with one attached hydrogen (secondary N) is 1. The van der Waals surface area contributed by atoms with Gasteiger partial charge in [-0.05, 0) is 36.8 Å². The van der Waals surface area contributed by atoms with Crippen molar-refractivity contribution >= 4 is 17.4 Å². The fraction of sp³-hybridized carbons (Fsp3) is 0.562. The number of hydrogen-bond acceptors (Lipinski definition) is 3. The Hall–Kier alpha value is -1.00. The average Bonchev–Trinajstić information content (AvgIpc) is 2.77. The van der Waals surface area contributed by atoms with E-state index in [0.717, 1.165) is 24.5 Å². The highest BCUT2D eigenvalue weighted by molar-refractivity contribution is 7.99. The summed E-state index contributed by atoms with van der Waals surface area (Å²) in [6, 6.07) is 6.20. The first-order valence-corrected chi connectivity index (χ1v) is 8.50. The first kappa shape index (κ1) is 15.4. The lowest BCUT2D eigenvalue weighted by Crippen LogP contribution is -2.20. The minimum atomic E-state index is 0.672. The zero-order valence-electron chi connectivity index (χ0n) is 12.7. The van der Waals surface area contributed by atoms with Gasteiger partial charge in [0, 0.05) is 12.7 Å². The van der Waals surface area contributed by atoms with Gasteiger partial charge in [-0.25, -0.2) is 4.98 Å². The summed E-state index contributed by atoms with van der Waals surface area (Å²) >= 11 is 1.88. The summed E-state index contributed by atoms with van der Waals surface area (Å²) in [6.07, 6.45) is 4.59. The fourth-order valence-electron chi connectivity index (χ4n) is 2.09. The Labute approximate surface area is 126 Å². The molecule has 1 N–H and O–H groups in total. The van der Waals surface area contributed by atoms with Gasteiger partial charge in [0.05, 0.1) is 5.69 Å². The van der Waals surface area contributed by atoms with E-state index in [9.17, 15) is 0 Å². The molecule has 0 aromatic carbocycles. The second-order valence-electron chi connectivity index (χ2n) is 5.52. The molecule has 0 amide bonds. The number of aromatic nitrogens is 2. The highest BCUT2D eigenvalue weighted by Crippen LogP contribution is 2.24. The molecule has 110 valence electrons. The third kappa shape index (κ3) is 4.00. The van der Waals surface area contributed by atoms with E-state index in [2.05, 4.69) is 48.8 Å². The van der Waals surface area contributed by atoms with Gasteiger partial charge in [0.25, 0.3) is 0 Å². The molecule has 0 fully saturated rings. The van der Waals surface area contributed by atoms with Crippen LogP contribution in [0.2, 0.25) is 0 Å². The zero-order valence-corrected chi connectivity index (χ0v) is 13.5. The van der Waals surface area contributed by atoms with Gasteiger partial charge in [-0.1, -0.05) is 33.3 Å². The van der Waals surface area contributed by atoms with Gasteiger partial charge in [-0.3, -0.25) is 0 Å². The molecule has 2 rings (SSSR count). The van der Waals surface area contributed by atoms with Crippen LogP contribution in [0.3, 0.4) is 0 Å². The predicted molar refractivity (Wildman–Crippen MR) is 87.4 cm³/mol. The van der Waals surface area contributed by atoms with Crippen LogP contribution in [0.15, 0.2) is 29.4 Å². The van der Waals surface area contributed by atoms with Crippen molar-refractivity contribution in [2.45, 2.75) is 45.2 Å². The lowest BCUT2D eigenvalue weighted by molar-refractivity contribution is 0.544. The number of unbranched alkanes of at least 4 members (excludes halogenated alkanes) is 1. The molecule has 0 aliphatic rings. The van der Waals surface area contributed by atoms with Crippen LogP contribution in [-0.2, 0) is 6.54 Å². The summed E-state index contributed by atoms with van der Waals surface area (Å²) in [4.78, 5) is 4.77. The van der Waals surface area contributed by atoms with Crippen LogP contribution in [0, 0.1) is 5.92 Å². The molecule has 0 saturated carbocycles. The molecule has 2 aromatic heterocycles. The number of nitrogens with zero attached hydrogens (tertiary/aromatic N) is 2. The number of hydrogen-bond donors (Lipinski definition) is 1. The molecule has 0 atom stereocenters. The maximum atomic E-state index is 4.77. The lowest BCUT2D eigenvalue weighted by Gasteiger charge is -2.09. The van der Waals surface area contributed by atoms with E-state index in [4.69, 9.17) is 4.98 Å². The van der Waals surface area contributed by atoms with Crippen molar-refractivity contribution in [3.05, 3.63) is 30.1 Å². The molecule has 2 aromatic rings. The minimum absolute atomic E-state index is 0.672. The van der Waals surface area contributed by atoms with Gasteiger partial charge in [0.15, 0.2) is 0 Å². The number of pyridine rings is 1. The van der Waals surface area contributed by atoms with Crippen molar-refractivity contribution in [3.63, 3.8) is 0 Å². The SMILES string of the molecule is CCCCSc1nc2ccccn2c1CNCC(C)C. The number of thioether (sulfide) groups is 1. The molecule has 3 nitrogen and oxygen atoms in total. The highest BCUT2D eigenvalue weighted by Gasteiger charge is 2.11. The van der Waals surface area contributed by atoms with Crippen LogP contribution >= 0.6 is 11.8 Å². The summed E-state index contributed by atoms with van der Waals surface area (Å²) in [6.45, 7) is 8.63. The smallest absolute Gasteiger partial charge is 0.138 e. The van der Waals surface area contributed by atoms with Crippen LogP contribution < -0.4 is 5.32 Å². The van der Waals surface area contributed by atoms with E-state index >= 15 is 0 Å². The Kier molecular flexibility index (Phi) is 5.92. The molecular formula is C16H25N3S. The number of rotatable bonds is 8. The Balaban J connectivity index is 2.15. The molecular weight excluding hydrogens is 266 g/mol. The lowest BCUT2D eigenvalue weighted by atomic mass is 10.2. The van der Waals surface area contributed by atoms with Gasteiger partial charge in [-0.15, -0.1) is 11.8 Å². The molecule has 0 radical (unpaired) electrons. The third-order valence-corrected chi connectivity index (χ3v) is 4.27. The summed E-state index contributed by atoms with van der Waals surface area (Å²) in [5.41, 5.74) is 2.34. The second-order valence-corrected chi connectivity index (χ2v) is 6.60. The maximum Gasteiger partial charge on any atom is 0.138 e. The average molecular weight is 291 g/mol. The summed E-state index contributed by atoms with van der Waals surface area (Å²) < 4.78 is 2.21. The maximum absolute atomic E-state index is 4.77. The van der Waals surface area contributed by atoms with Gasteiger partial charge < -0.3 is 9.72 Å². The van der Waals surface area contributed by atoms with E-state index in [-0.39, 0.29) is 0 Å². The topological polar surface area (TPSA) is 29.3 Å². The molecule has 0 aliphatic carbocycles. The zero-order chi connectivity index (χ0) is 14.4. The molecule has 20 heavy (non-hydrogen) atoms. The second kappa shape index (κ2) is 7.70. The first-order chi connectivity index (χ1) is 9.72. The predicted octanol–water partition coefficient (Wildman–Crippen LogP) is 3.97. The number of imidazole rings is 1. The van der Waals surface area contributed by atoms with Crippen molar-refractivity contribution in [1.29, 1.82) is 0 Å². The quantitative estimate of drug-likeness (QED) is 0.589. The van der Waals surface area contributed by atoms with Gasteiger partial charge in [-0.2, -0.15) is 0 Å². The van der Waals surface area contributed by atoms with E-state index in [1.165, 1.54) is 23.6 Å². The van der Waals surface area contributed by atoms with Crippen LogP contribution in [0.4, 0.5) is 0 Å². The van der Waals surface area contributed by atoms with Crippen LogP contribution in [0.1, 0.15) is 39.3 Å². The van der Waals surface area contributed by atoms with E-state index in [1.54, 1.807) is 0 Å². The standard InChI is InChI=1S/C16H25N3S/c1-4-5-10-20-16-14(12-17-11-13(2)3)19-9-7-6-8-15(19)18-16/h6-9,13,17H,4-5,10-12H2,1-3H3. The Morgan fingerprint density at radius 2 is 2.20 bits per heavy atom. The molecule has 0 saturated heterocycles. The summed E-state index contributed by atoms with van der Waals surface area (Å²) in [5.74, 6) is 1.82. The number of fused-ring (bicyclic) bond motifs is 1. The molecule has 0 unspecified atom stereocenters. The minimum Gasteiger partial charge on any atom is -0.311 e. The van der Waals surface area contributed by atoms with Crippen molar-refractivity contribution in [3.8, 4) is 0 Å². The van der Waals surface area contributed by atoms with Gasteiger partial charge >= 0.3 is 0 Å². The summed E-state index contributed by atoms with van der Waals surface area (Å²) in [7, 11) is 0. The molecule has 0 spiro atoms. The normalized spacial score (nSPS) is 11.6. The van der Waals surface area contributed by atoms with E-state index in [0.29, 0.717) is 5.92 Å². The molecule has 0 bridgehead atoms. The van der Waals surface area contributed by atoms with Crippen molar-refractivity contribution in [2.24, 2.45) is 5.92 Å². The largest absolute Gasteiger partial charge is 0.311 e. The van der Waals surface area contributed by atoms with Crippen molar-refractivity contribution in [2.75, 3.05) is 12.3 Å². The first-order valence-electron chi connectivity index (χ1n) is 7.51. The van der Waals surface area contributed by atoms with Gasteiger partial charge in [0.2, 0.25) is 0 Å². The molecule has 2 heterocycles. The van der Waals surface area contributed by atoms with Crippen molar-refractivity contribution in [1.82, 2.24) is 14.7 Å². The van der Waals surface area contributed by atoms with E-state index < -0.39 is 0 Å². The van der Waals surface area contributed by atoms with Crippen LogP contribution in [0.25, 0.3) is 5.65 Å². The molecule has 0 aliphatic heterocycles.